The predicted molar refractivity (Wildman–Crippen MR) is 120 cm³/mol. The largest absolute Gasteiger partial charge is 0.350 e. The lowest BCUT2D eigenvalue weighted by Gasteiger charge is -2.09. The smallest absolute Gasteiger partial charge is 0.293 e. The molecule has 2 aromatic heterocycles. The fraction of sp³-hybridized carbons (Fsp3) is 0.217. The summed E-state index contributed by atoms with van der Waals surface area (Å²) in [7, 11) is 0. The van der Waals surface area contributed by atoms with Gasteiger partial charge in [0.2, 0.25) is 5.91 Å². The highest BCUT2D eigenvalue weighted by Gasteiger charge is 2.15. The molecule has 31 heavy (non-hydrogen) atoms. The van der Waals surface area contributed by atoms with Crippen molar-refractivity contribution < 1.29 is 4.79 Å². The van der Waals surface area contributed by atoms with E-state index in [1.165, 1.54) is 10.1 Å². The highest BCUT2D eigenvalue weighted by atomic mass is 35.5. The molecule has 0 aliphatic rings. The molecule has 1 amide bonds. The Morgan fingerprint density at radius 1 is 1.10 bits per heavy atom. The summed E-state index contributed by atoms with van der Waals surface area (Å²) in [5, 5.41) is 12.2. The van der Waals surface area contributed by atoms with Crippen molar-refractivity contribution in [1.29, 1.82) is 0 Å². The summed E-state index contributed by atoms with van der Waals surface area (Å²) >= 11 is 6.12. The van der Waals surface area contributed by atoms with Gasteiger partial charge in [0.15, 0.2) is 0 Å². The molecule has 0 aliphatic heterocycles. The van der Waals surface area contributed by atoms with E-state index in [2.05, 4.69) is 22.4 Å². The van der Waals surface area contributed by atoms with Gasteiger partial charge in [-0.3, -0.25) is 9.59 Å². The number of nitrogens with zero attached hydrogens (tertiary/aromatic N) is 4. The van der Waals surface area contributed by atoms with Gasteiger partial charge in [-0.2, -0.15) is 10.2 Å². The second kappa shape index (κ2) is 8.73. The third-order valence-electron chi connectivity index (χ3n) is 5.12. The Balaban J connectivity index is 1.57. The fourth-order valence-corrected chi connectivity index (χ4v) is 3.56. The van der Waals surface area contributed by atoms with Gasteiger partial charge < -0.3 is 5.32 Å². The molecule has 7 nitrogen and oxygen atoms in total. The Hall–Kier alpha value is -3.45. The zero-order chi connectivity index (χ0) is 22.0. The van der Waals surface area contributed by atoms with Crippen LogP contribution in [0.3, 0.4) is 0 Å². The molecule has 1 N–H and O–H groups in total. The topological polar surface area (TPSA) is 81.3 Å². The molecule has 158 valence electrons. The average Bonchev–Trinajstić information content (AvgIpc) is 3.23. The van der Waals surface area contributed by atoms with Crippen LogP contribution in [0.25, 0.3) is 16.8 Å². The van der Waals surface area contributed by atoms with Crippen LogP contribution < -0.4 is 10.9 Å². The highest BCUT2D eigenvalue weighted by Crippen LogP contribution is 2.20. The van der Waals surface area contributed by atoms with E-state index in [4.69, 9.17) is 11.6 Å². The Kier molecular flexibility index (Phi) is 5.86. The summed E-state index contributed by atoms with van der Waals surface area (Å²) < 4.78 is 2.68. The fourth-order valence-electron chi connectivity index (χ4n) is 3.36. The summed E-state index contributed by atoms with van der Waals surface area (Å²) in [5.41, 5.74) is 3.65. The number of halogens is 1. The zero-order valence-electron chi connectivity index (χ0n) is 17.3. The molecule has 0 bridgehead atoms. The number of benzene rings is 2. The van der Waals surface area contributed by atoms with Crippen LogP contribution in [0.4, 0.5) is 0 Å². The summed E-state index contributed by atoms with van der Waals surface area (Å²) in [6, 6.07) is 17.1. The maximum atomic E-state index is 12.9. The minimum Gasteiger partial charge on any atom is -0.350 e. The minimum absolute atomic E-state index is 0.188. The van der Waals surface area contributed by atoms with Crippen LogP contribution in [-0.2, 0) is 24.3 Å². The van der Waals surface area contributed by atoms with E-state index in [-0.39, 0.29) is 24.6 Å². The van der Waals surface area contributed by atoms with Crippen molar-refractivity contribution in [2.45, 2.75) is 33.4 Å². The van der Waals surface area contributed by atoms with Gasteiger partial charge in [0, 0.05) is 17.1 Å². The van der Waals surface area contributed by atoms with Gasteiger partial charge in [-0.15, -0.1) is 0 Å². The molecule has 0 unspecified atom stereocenters. The Labute approximate surface area is 184 Å². The molecular weight excluding hydrogens is 414 g/mol. The average molecular weight is 436 g/mol. The maximum absolute atomic E-state index is 12.9. The molecule has 0 saturated carbocycles. The number of carbonyl (C=O) groups is 1. The van der Waals surface area contributed by atoms with E-state index >= 15 is 0 Å². The number of rotatable bonds is 6. The summed E-state index contributed by atoms with van der Waals surface area (Å²) in [6.07, 6.45) is 0.956. The van der Waals surface area contributed by atoms with E-state index in [0.29, 0.717) is 22.1 Å². The third kappa shape index (κ3) is 4.36. The number of aryl methyl sites for hydroxylation is 2. The van der Waals surface area contributed by atoms with Gasteiger partial charge in [0.25, 0.3) is 5.56 Å². The number of hydrogen-bond acceptors (Lipinski definition) is 4. The third-order valence-corrected chi connectivity index (χ3v) is 5.49. The molecule has 0 saturated heterocycles. The van der Waals surface area contributed by atoms with Crippen LogP contribution in [-0.4, -0.2) is 25.3 Å². The maximum Gasteiger partial charge on any atom is 0.293 e. The van der Waals surface area contributed by atoms with Crippen molar-refractivity contribution in [2.24, 2.45) is 0 Å². The first-order chi connectivity index (χ1) is 15.0. The molecule has 2 aromatic carbocycles. The van der Waals surface area contributed by atoms with Gasteiger partial charge >= 0.3 is 0 Å². The number of hydrogen-bond donors (Lipinski definition) is 1. The predicted octanol–water partition coefficient (Wildman–Crippen LogP) is 3.40. The van der Waals surface area contributed by atoms with Crippen LogP contribution in [0, 0.1) is 6.92 Å². The Bertz CT molecular complexity index is 1310. The van der Waals surface area contributed by atoms with Gasteiger partial charge in [-0.25, -0.2) is 9.20 Å². The second-order valence-electron chi connectivity index (χ2n) is 7.26. The molecule has 8 heteroatoms. The monoisotopic (exact) mass is 435 g/mol. The standard InChI is InChI=1S/C23H22ClN5O2/c1-3-16-8-10-17(11-9-16)20-12-21-23(31)28(26-15(2)29(21)27-20)14-22(30)25-13-18-6-4-5-7-19(18)24/h4-12H,3,13-14H2,1-2H3,(H,25,30). The van der Waals surface area contributed by atoms with Crippen LogP contribution in [0.5, 0.6) is 0 Å². The molecule has 0 radical (unpaired) electrons. The molecule has 0 fully saturated rings. The molecule has 0 atom stereocenters. The van der Waals surface area contributed by atoms with Crippen molar-refractivity contribution in [3.8, 4) is 11.3 Å². The van der Waals surface area contributed by atoms with Crippen LogP contribution in [0.2, 0.25) is 5.02 Å². The normalized spacial score (nSPS) is 11.1. The van der Waals surface area contributed by atoms with Crippen molar-refractivity contribution in [3.05, 3.63) is 86.9 Å². The summed E-state index contributed by atoms with van der Waals surface area (Å²) in [4.78, 5) is 25.3. The quantitative estimate of drug-likeness (QED) is 0.503. The summed E-state index contributed by atoms with van der Waals surface area (Å²) in [6.45, 7) is 3.94. The lowest BCUT2D eigenvalue weighted by atomic mass is 10.1. The first kappa shape index (κ1) is 20.8. The van der Waals surface area contributed by atoms with Crippen molar-refractivity contribution >= 4 is 23.0 Å². The van der Waals surface area contributed by atoms with Gasteiger partial charge in [-0.05, 0) is 36.6 Å². The van der Waals surface area contributed by atoms with E-state index < -0.39 is 0 Å². The lowest BCUT2D eigenvalue weighted by Crippen LogP contribution is -2.34. The SMILES string of the molecule is CCc1ccc(-c2cc3c(=O)n(CC(=O)NCc4ccccc4Cl)nc(C)n3n2)cc1. The van der Waals surface area contributed by atoms with Crippen molar-refractivity contribution in [1.82, 2.24) is 24.7 Å². The molecular formula is C23H22ClN5O2. The Morgan fingerprint density at radius 3 is 2.55 bits per heavy atom. The summed E-state index contributed by atoms with van der Waals surface area (Å²) in [5.74, 6) is 0.193. The van der Waals surface area contributed by atoms with Crippen molar-refractivity contribution in [3.63, 3.8) is 0 Å². The van der Waals surface area contributed by atoms with Crippen LogP contribution in [0.1, 0.15) is 23.9 Å². The molecule has 4 aromatic rings. The van der Waals surface area contributed by atoms with E-state index in [1.54, 1.807) is 19.1 Å². The number of aromatic nitrogens is 4. The van der Waals surface area contributed by atoms with Crippen LogP contribution in [0.15, 0.2) is 59.4 Å². The first-order valence-corrected chi connectivity index (χ1v) is 10.4. The second-order valence-corrected chi connectivity index (χ2v) is 7.66. The minimum atomic E-state index is -0.373. The van der Waals surface area contributed by atoms with Crippen LogP contribution >= 0.6 is 11.6 Å². The number of carbonyl (C=O) groups excluding carboxylic acids is 1. The van der Waals surface area contributed by atoms with Gasteiger partial charge in [0.1, 0.15) is 17.9 Å². The number of nitrogens with one attached hydrogen (secondary N) is 1. The van der Waals surface area contributed by atoms with E-state index in [9.17, 15) is 9.59 Å². The van der Waals surface area contributed by atoms with E-state index in [0.717, 1.165) is 22.2 Å². The molecule has 2 heterocycles. The number of fused-ring (bicyclic) bond motifs is 1. The molecule has 0 spiro atoms. The van der Waals surface area contributed by atoms with Gasteiger partial charge in [-0.1, -0.05) is 61.0 Å². The van der Waals surface area contributed by atoms with E-state index in [1.807, 2.05) is 42.5 Å². The highest BCUT2D eigenvalue weighted by molar-refractivity contribution is 6.31. The van der Waals surface area contributed by atoms with Crippen molar-refractivity contribution in [2.75, 3.05) is 0 Å². The molecule has 0 aliphatic carbocycles. The zero-order valence-corrected chi connectivity index (χ0v) is 18.1. The Morgan fingerprint density at radius 2 is 1.84 bits per heavy atom. The number of amides is 1. The lowest BCUT2D eigenvalue weighted by molar-refractivity contribution is -0.122. The molecule has 4 rings (SSSR count). The van der Waals surface area contributed by atoms with Gasteiger partial charge in [0.05, 0.1) is 5.69 Å². The first-order valence-electron chi connectivity index (χ1n) is 10.0.